The molecule has 0 radical (unpaired) electrons. The van der Waals surface area contributed by atoms with E-state index in [9.17, 15) is 4.21 Å². The molecule has 0 bridgehead atoms. The summed E-state index contributed by atoms with van der Waals surface area (Å²) in [6.45, 7) is 5.22. The second-order valence-corrected chi connectivity index (χ2v) is 7.91. The summed E-state index contributed by atoms with van der Waals surface area (Å²) in [7, 11) is -0.739. The number of hydrogen-bond acceptors (Lipinski definition) is 2. The van der Waals surface area contributed by atoms with E-state index in [4.69, 9.17) is 0 Å². The molecule has 21 heavy (non-hydrogen) atoms. The van der Waals surface area contributed by atoms with E-state index in [1.165, 1.54) is 24.8 Å². The van der Waals surface area contributed by atoms with E-state index in [0.717, 1.165) is 25.8 Å². The largest absolute Gasteiger partial charge is 0.309 e. The molecule has 3 atom stereocenters. The Morgan fingerprint density at radius 3 is 2.38 bits per heavy atom. The van der Waals surface area contributed by atoms with Gasteiger partial charge in [0, 0.05) is 22.1 Å². The molecule has 0 amide bonds. The van der Waals surface area contributed by atoms with Gasteiger partial charge in [0.2, 0.25) is 0 Å². The third-order valence-corrected chi connectivity index (χ3v) is 6.87. The molecule has 1 aromatic rings. The van der Waals surface area contributed by atoms with E-state index in [1.807, 2.05) is 6.07 Å². The van der Waals surface area contributed by atoms with Crippen LogP contribution < -0.4 is 5.32 Å². The lowest BCUT2D eigenvalue weighted by Crippen LogP contribution is -2.38. The molecular formula is C18H29NOS. The van der Waals surface area contributed by atoms with Crippen LogP contribution in [0.3, 0.4) is 0 Å². The Balaban J connectivity index is 2.16. The van der Waals surface area contributed by atoms with Gasteiger partial charge in [-0.2, -0.15) is 0 Å². The van der Waals surface area contributed by atoms with Crippen molar-refractivity contribution in [3.8, 4) is 0 Å². The van der Waals surface area contributed by atoms with E-state index in [1.54, 1.807) is 0 Å². The van der Waals surface area contributed by atoms with Gasteiger partial charge in [-0.15, -0.1) is 0 Å². The fraction of sp³-hybridized carbons (Fsp3) is 0.667. The van der Waals surface area contributed by atoms with Gasteiger partial charge in [-0.3, -0.25) is 4.21 Å². The predicted molar refractivity (Wildman–Crippen MR) is 92.0 cm³/mol. The van der Waals surface area contributed by atoms with Gasteiger partial charge in [0.25, 0.3) is 0 Å². The molecule has 1 N–H and O–H groups in total. The molecule has 0 saturated heterocycles. The summed E-state index contributed by atoms with van der Waals surface area (Å²) in [5, 5.41) is 4.21. The van der Waals surface area contributed by atoms with E-state index >= 15 is 0 Å². The van der Waals surface area contributed by atoms with Crippen LogP contribution in [0.4, 0.5) is 0 Å². The lowest BCUT2D eigenvalue weighted by molar-refractivity contribution is 0.478. The number of benzene rings is 1. The summed E-state index contributed by atoms with van der Waals surface area (Å²) in [5.74, 6) is 0. The van der Waals surface area contributed by atoms with Crippen molar-refractivity contribution in [3.05, 3.63) is 35.9 Å². The minimum Gasteiger partial charge on any atom is -0.309 e. The molecule has 1 aliphatic rings. The van der Waals surface area contributed by atoms with Gasteiger partial charge in [-0.1, -0.05) is 63.4 Å². The zero-order chi connectivity index (χ0) is 15.1. The highest BCUT2D eigenvalue weighted by molar-refractivity contribution is 7.86. The quantitative estimate of drug-likeness (QED) is 0.818. The van der Waals surface area contributed by atoms with Crippen LogP contribution >= 0.6 is 0 Å². The molecule has 2 rings (SSSR count). The van der Waals surface area contributed by atoms with Crippen LogP contribution in [-0.4, -0.2) is 21.3 Å². The standard InChI is InChI=1S/C18H29NOS/c1-3-17(21(20)16-13-9-6-10-14-16)18(19-4-2)15-11-7-5-8-12-15/h5,7-8,11-12,16-19H,3-4,6,9-10,13-14H2,1-2H3. The smallest absolute Gasteiger partial charge is 0.0543 e. The first-order chi connectivity index (χ1) is 10.3. The topological polar surface area (TPSA) is 29.1 Å². The highest BCUT2D eigenvalue weighted by Crippen LogP contribution is 2.30. The minimum absolute atomic E-state index is 0.212. The van der Waals surface area contributed by atoms with Crippen molar-refractivity contribution in [3.63, 3.8) is 0 Å². The summed E-state index contributed by atoms with van der Waals surface area (Å²) in [6, 6.07) is 10.7. The molecule has 1 fully saturated rings. The maximum absolute atomic E-state index is 13.1. The van der Waals surface area contributed by atoms with Gasteiger partial charge < -0.3 is 5.32 Å². The van der Waals surface area contributed by atoms with Crippen LogP contribution in [0.1, 0.15) is 64.0 Å². The van der Waals surface area contributed by atoms with Crippen LogP contribution in [0.25, 0.3) is 0 Å². The SMILES string of the molecule is CCNC(c1ccccc1)C(CC)S(=O)C1CCCCC1. The summed E-state index contributed by atoms with van der Waals surface area (Å²) in [6.07, 6.45) is 7.09. The van der Waals surface area contributed by atoms with Crippen molar-refractivity contribution in [2.24, 2.45) is 0 Å². The highest BCUT2D eigenvalue weighted by Gasteiger charge is 2.31. The average molecular weight is 308 g/mol. The maximum Gasteiger partial charge on any atom is 0.0543 e. The molecule has 3 heteroatoms. The predicted octanol–water partition coefficient (Wildman–Crippen LogP) is 4.20. The summed E-state index contributed by atoms with van der Waals surface area (Å²) >= 11 is 0. The molecule has 2 nitrogen and oxygen atoms in total. The summed E-state index contributed by atoms with van der Waals surface area (Å²) in [5.41, 5.74) is 1.27. The van der Waals surface area contributed by atoms with Crippen LogP contribution in [-0.2, 0) is 10.8 Å². The lowest BCUT2D eigenvalue weighted by Gasteiger charge is -2.31. The van der Waals surface area contributed by atoms with E-state index in [0.29, 0.717) is 5.25 Å². The molecule has 1 aliphatic carbocycles. The third-order valence-electron chi connectivity index (χ3n) is 4.54. The van der Waals surface area contributed by atoms with Crippen molar-refractivity contribution >= 4 is 10.8 Å². The van der Waals surface area contributed by atoms with Crippen molar-refractivity contribution in [2.45, 2.75) is 68.9 Å². The Kier molecular flexibility index (Phi) is 6.91. The fourth-order valence-electron chi connectivity index (χ4n) is 3.42. The normalized spacial score (nSPS) is 20.9. The minimum atomic E-state index is -0.739. The monoisotopic (exact) mass is 307 g/mol. The van der Waals surface area contributed by atoms with E-state index in [2.05, 4.69) is 43.4 Å². The number of hydrogen-bond donors (Lipinski definition) is 1. The molecule has 118 valence electrons. The first-order valence-electron chi connectivity index (χ1n) is 8.45. The van der Waals surface area contributed by atoms with Crippen LogP contribution in [0.2, 0.25) is 0 Å². The Labute approximate surface area is 132 Å². The van der Waals surface area contributed by atoms with Gasteiger partial charge in [-0.05, 0) is 31.4 Å². The Morgan fingerprint density at radius 1 is 1.14 bits per heavy atom. The Hall–Kier alpha value is -0.670. The fourth-order valence-corrected chi connectivity index (χ4v) is 5.57. The number of nitrogens with one attached hydrogen (secondary N) is 1. The van der Waals surface area contributed by atoms with Gasteiger partial charge in [0.05, 0.1) is 5.25 Å². The summed E-state index contributed by atoms with van der Waals surface area (Å²) < 4.78 is 13.1. The second kappa shape index (κ2) is 8.70. The van der Waals surface area contributed by atoms with Crippen LogP contribution in [0.5, 0.6) is 0 Å². The molecule has 0 spiro atoms. The molecule has 1 saturated carbocycles. The first kappa shape index (κ1) is 16.7. The van der Waals surface area contributed by atoms with Gasteiger partial charge in [0.15, 0.2) is 0 Å². The van der Waals surface area contributed by atoms with Crippen molar-refractivity contribution < 1.29 is 4.21 Å². The molecule has 3 unspecified atom stereocenters. The van der Waals surface area contributed by atoms with Gasteiger partial charge >= 0.3 is 0 Å². The van der Waals surface area contributed by atoms with Gasteiger partial charge in [-0.25, -0.2) is 0 Å². The molecule has 0 heterocycles. The summed E-state index contributed by atoms with van der Waals surface area (Å²) in [4.78, 5) is 0. The van der Waals surface area contributed by atoms with Crippen molar-refractivity contribution in [1.29, 1.82) is 0 Å². The average Bonchev–Trinajstić information content (AvgIpc) is 2.56. The molecule has 0 aromatic heterocycles. The van der Waals surface area contributed by atoms with Crippen LogP contribution in [0.15, 0.2) is 30.3 Å². The Bertz CT molecular complexity index is 428. The zero-order valence-electron chi connectivity index (χ0n) is 13.4. The molecular weight excluding hydrogens is 278 g/mol. The van der Waals surface area contributed by atoms with Crippen LogP contribution in [0, 0.1) is 0 Å². The molecule has 1 aromatic carbocycles. The number of rotatable bonds is 7. The second-order valence-electron chi connectivity index (χ2n) is 5.98. The van der Waals surface area contributed by atoms with Crippen molar-refractivity contribution in [1.82, 2.24) is 5.32 Å². The zero-order valence-corrected chi connectivity index (χ0v) is 14.2. The van der Waals surface area contributed by atoms with Gasteiger partial charge in [0.1, 0.15) is 0 Å². The van der Waals surface area contributed by atoms with E-state index in [-0.39, 0.29) is 11.3 Å². The third kappa shape index (κ3) is 4.40. The Morgan fingerprint density at radius 2 is 1.81 bits per heavy atom. The maximum atomic E-state index is 13.1. The highest BCUT2D eigenvalue weighted by atomic mass is 32.2. The lowest BCUT2D eigenvalue weighted by atomic mass is 10.0. The first-order valence-corrected chi connectivity index (χ1v) is 9.73. The van der Waals surface area contributed by atoms with Crippen molar-refractivity contribution in [2.75, 3.05) is 6.54 Å². The van der Waals surface area contributed by atoms with E-state index < -0.39 is 10.8 Å². The molecule has 0 aliphatic heterocycles.